The van der Waals surface area contributed by atoms with Crippen molar-refractivity contribution in [2.75, 3.05) is 13.2 Å². The number of rotatable bonds is 6. The molecule has 1 aliphatic carbocycles. The van der Waals surface area contributed by atoms with Crippen LogP contribution in [-0.2, 0) is 4.74 Å². The molecule has 1 aromatic rings. The Morgan fingerprint density at radius 2 is 2.05 bits per heavy atom. The van der Waals surface area contributed by atoms with Gasteiger partial charge in [-0.05, 0) is 25.0 Å². The molecule has 0 bridgehead atoms. The van der Waals surface area contributed by atoms with Crippen molar-refractivity contribution < 1.29 is 9.53 Å². The van der Waals surface area contributed by atoms with Crippen molar-refractivity contribution in [3.8, 4) is 0 Å². The number of hydrogen-bond acceptors (Lipinski definition) is 3. The molecule has 0 unspecified atom stereocenters. The van der Waals surface area contributed by atoms with Crippen LogP contribution in [0.2, 0.25) is 0 Å². The fourth-order valence-electron chi connectivity index (χ4n) is 2.36. The third kappa shape index (κ3) is 4.28. The van der Waals surface area contributed by atoms with Gasteiger partial charge in [0.25, 0.3) is 5.91 Å². The zero-order chi connectivity index (χ0) is 14.4. The van der Waals surface area contributed by atoms with Crippen LogP contribution >= 0.6 is 12.2 Å². The maximum Gasteiger partial charge on any atom is 0.251 e. The molecule has 1 fully saturated rings. The molecule has 1 aliphatic rings. The van der Waals surface area contributed by atoms with Crippen LogP contribution in [0.3, 0.4) is 0 Å². The minimum Gasteiger partial charge on any atom is -0.389 e. The van der Waals surface area contributed by atoms with Gasteiger partial charge in [-0.1, -0.05) is 37.2 Å². The van der Waals surface area contributed by atoms with Gasteiger partial charge in [0.1, 0.15) is 4.99 Å². The summed E-state index contributed by atoms with van der Waals surface area (Å²) in [6.45, 7) is 1.08. The van der Waals surface area contributed by atoms with E-state index < -0.39 is 0 Å². The van der Waals surface area contributed by atoms with Gasteiger partial charge >= 0.3 is 0 Å². The first-order chi connectivity index (χ1) is 9.66. The molecule has 0 aromatic heterocycles. The first kappa shape index (κ1) is 14.9. The smallest absolute Gasteiger partial charge is 0.251 e. The highest BCUT2D eigenvalue weighted by Crippen LogP contribution is 2.20. The topological polar surface area (TPSA) is 64.4 Å². The lowest BCUT2D eigenvalue weighted by Crippen LogP contribution is -2.28. The summed E-state index contributed by atoms with van der Waals surface area (Å²) >= 11 is 4.90. The number of carbonyl (C=O) groups is 1. The molecule has 0 atom stereocenters. The van der Waals surface area contributed by atoms with Gasteiger partial charge in [-0.15, -0.1) is 0 Å². The second kappa shape index (κ2) is 7.36. The molecule has 3 N–H and O–H groups in total. The number of ether oxygens (including phenoxy) is 1. The molecule has 108 valence electrons. The number of carbonyl (C=O) groups excluding carboxylic acids is 1. The minimum atomic E-state index is -0.127. The summed E-state index contributed by atoms with van der Waals surface area (Å²) in [7, 11) is 0. The van der Waals surface area contributed by atoms with Crippen LogP contribution in [0.15, 0.2) is 24.3 Å². The van der Waals surface area contributed by atoms with E-state index in [0.717, 1.165) is 12.8 Å². The second-order valence-electron chi connectivity index (χ2n) is 4.98. The Kier molecular flexibility index (Phi) is 5.49. The monoisotopic (exact) mass is 292 g/mol. The molecule has 5 heteroatoms. The van der Waals surface area contributed by atoms with E-state index in [-0.39, 0.29) is 5.91 Å². The van der Waals surface area contributed by atoms with Gasteiger partial charge in [0.2, 0.25) is 0 Å². The summed E-state index contributed by atoms with van der Waals surface area (Å²) in [5.74, 6) is -0.127. The van der Waals surface area contributed by atoms with Crippen LogP contribution in [0.25, 0.3) is 0 Å². The molecule has 0 saturated heterocycles. The van der Waals surface area contributed by atoms with Gasteiger partial charge < -0.3 is 15.8 Å². The van der Waals surface area contributed by atoms with E-state index in [4.69, 9.17) is 22.7 Å². The Hall–Kier alpha value is -1.46. The molecule has 2 rings (SSSR count). The number of nitrogens with one attached hydrogen (secondary N) is 1. The van der Waals surface area contributed by atoms with Gasteiger partial charge in [-0.2, -0.15) is 0 Å². The lowest BCUT2D eigenvalue weighted by molar-refractivity contribution is 0.0582. The Morgan fingerprint density at radius 1 is 1.35 bits per heavy atom. The lowest BCUT2D eigenvalue weighted by Gasteiger charge is -2.11. The molecule has 1 aromatic carbocycles. The third-order valence-electron chi connectivity index (χ3n) is 3.45. The van der Waals surface area contributed by atoms with Gasteiger partial charge in [0.05, 0.1) is 12.7 Å². The molecule has 0 radical (unpaired) electrons. The molecule has 20 heavy (non-hydrogen) atoms. The van der Waals surface area contributed by atoms with E-state index in [0.29, 0.717) is 35.4 Å². The molecule has 0 heterocycles. The zero-order valence-corrected chi connectivity index (χ0v) is 12.2. The molecule has 0 aliphatic heterocycles. The summed E-state index contributed by atoms with van der Waals surface area (Å²) in [5.41, 5.74) is 6.82. The average Bonchev–Trinajstić information content (AvgIpc) is 2.96. The Morgan fingerprint density at radius 3 is 2.75 bits per heavy atom. The second-order valence-corrected chi connectivity index (χ2v) is 5.42. The first-order valence-electron chi connectivity index (χ1n) is 6.96. The highest BCUT2D eigenvalue weighted by molar-refractivity contribution is 7.80. The number of benzene rings is 1. The molecule has 1 amide bonds. The van der Waals surface area contributed by atoms with Crippen LogP contribution in [-0.4, -0.2) is 30.2 Å². The molecule has 0 spiro atoms. The highest BCUT2D eigenvalue weighted by atomic mass is 32.1. The van der Waals surface area contributed by atoms with Crippen molar-refractivity contribution in [2.45, 2.75) is 31.8 Å². The van der Waals surface area contributed by atoms with E-state index in [1.807, 2.05) is 0 Å². The maximum atomic E-state index is 12.0. The third-order valence-corrected chi connectivity index (χ3v) is 3.69. The standard InChI is InChI=1S/C15H20N2O2S/c16-14(20)11-4-3-5-12(10-11)15(18)17-8-9-19-13-6-1-2-7-13/h3-5,10,13H,1-2,6-9H2,(H2,16,20)(H,17,18). The predicted octanol–water partition coefficient (Wildman–Crippen LogP) is 2.01. The average molecular weight is 292 g/mol. The normalized spacial score (nSPS) is 15.2. The van der Waals surface area contributed by atoms with Crippen molar-refractivity contribution in [1.82, 2.24) is 5.32 Å². The number of amides is 1. The summed E-state index contributed by atoms with van der Waals surface area (Å²) in [5, 5.41) is 2.84. The van der Waals surface area contributed by atoms with Gasteiger partial charge in [0, 0.05) is 17.7 Å². The summed E-state index contributed by atoms with van der Waals surface area (Å²) in [6.07, 6.45) is 5.17. The van der Waals surface area contributed by atoms with Crippen LogP contribution in [0, 0.1) is 0 Å². The number of thiocarbonyl (C=S) groups is 1. The van der Waals surface area contributed by atoms with Crippen molar-refractivity contribution in [2.24, 2.45) is 5.73 Å². The fourth-order valence-corrected chi connectivity index (χ4v) is 2.49. The zero-order valence-electron chi connectivity index (χ0n) is 11.4. The molecule has 4 nitrogen and oxygen atoms in total. The number of nitrogens with two attached hydrogens (primary N) is 1. The SMILES string of the molecule is NC(=S)c1cccc(C(=O)NCCOC2CCCC2)c1. The highest BCUT2D eigenvalue weighted by Gasteiger charge is 2.15. The lowest BCUT2D eigenvalue weighted by atomic mass is 10.1. The van der Waals surface area contributed by atoms with Crippen LogP contribution in [0.4, 0.5) is 0 Å². The quantitative estimate of drug-likeness (QED) is 0.622. The van der Waals surface area contributed by atoms with Gasteiger partial charge in [-0.3, -0.25) is 4.79 Å². The minimum absolute atomic E-state index is 0.127. The fraction of sp³-hybridized carbons (Fsp3) is 0.467. The van der Waals surface area contributed by atoms with Gasteiger partial charge in [0.15, 0.2) is 0 Å². The maximum absolute atomic E-state index is 12.0. The number of hydrogen-bond donors (Lipinski definition) is 2. The Balaban J connectivity index is 1.76. The van der Waals surface area contributed by atoms with Crippen LogP contribution < -0.4 is 11.1 Å². The van der Waals surface area contributed by atoms with Crippen molar-refractivity contribution in [1.29, 1.82) is 0 Å². The van der Waals surface area contributed by atoms with E-state index in [1.165, 1.54) is 12.8 Å². The van der Waals surface area contributed by atoms with E-state index in [1.54, 1.807) is 24.3 Å². The Labute approximate surface area is 124 Å². The molecular formula is C15H20N2O2S. The summed E-state index contributed by atoms with van der Waals surface area (Å²) in [6, 6.07) is 7.02. The van der Waals surface area contributed by atoms with Crippen molar-refractivity contribution >= 4 is 23.1 Å². The van der Waals surface area contributed by atoms with Gasteiger partial charge in [-0.25, -0.2) is 0 Å². The van der Waals surface area contributed by atoms with Crippen molar-refractivity contribution in [3.63, 3.8) is 0 Å². The van der Waals surface area contributed by atoms with Crippen LogP contribution in [0.5, 0.6) is 0 Å². The largest absolute Gasteiger partial charge is 0.389 e. The van der Waals surface area contributed by atoms with E-state index in [2.05, 4.69) is 5.32 Å². The summed E-state index contributed by atoms with van der Waals surface area (Å²) < 4.78 is 5.70. The Bertz CT molecular complexity index is 485. The molecular weight excluding hydrogens is 272 g/mol. The molecule has 1 saturated carbocycles. The van der Waals surface area contributed by atoms with E-state index in [9.17, 15) is 4.79 Å². The van der Waals surface area contributed by atoms with Crippen LogP contribution in [0.1, 0.15) is 41.6 Å². The first-order valence-corrected chi connectivity index (χ1v) is 7.37. The predicted molar refractivity (Wildman–Crippen MR) is 82.9 cm³/mol. The van der Waals surface area contributed by atoms with Crippen molar-refractivity contribution in [3.05, 3.63) is 35.4 Å². The summed E-state index contributed by atoms with van der Waals surface area (Å²) in [4.78, 5) is 12.3. The van der Waals surface area contributed by atoms with E-state index >= 15 is 0 Å².